The van der Waals surface area contributed by atoms with E-state index in [0.29, 0.717) is 0 Å². The van der Waals surface area contributed by atoms with Gasteiger partial charge in [0.05, 0.1) is 6.10 Å². The zero-order valence-corrected chi connectivity index (χ0v) is 13.5. The summed E-state index contributed by atoms with van der Waals surface area (Å²) in [7, 11) is 0. The lowest BCUT2D eigenvalue weighted by atomic mass is 9.85. The highest BCUT2D eigenvalue weighted by atomic mass is 19.4. The summed E-state index contributed by atoms with van der Waals surface area (Å²) >= 11 is 0. The third-order valence-corrected chi connectivity index (χ3v) is 4.63. The van der Waals surface area contributed by atoms with Crippen LogP contribution >= 0.6 is 0 Å². The van der Waals surface area contributed by atoms with E-state index in [1.807, 2.05) is 0 Å². The first-order valence-electron chi connectivity index (χ1n) is 7.53. The molecule has 1 nitrogen and oxygen atoms in total. The van der Waals surface area contributed by atoms with Crippen molar-refractivity contribution in [2.75, 3.05) is 0 Å². The number of aliphatic hydroxyl groups excluding tert-OH is 1. The highest BCUT2D eigenvalue weighted by Gasteiger charge is 3.00. The Balaban J connectivity index is 2.54. The van der Waals surface area contributed by atoms with Crippen molar-refractivity contribution in [2.24, 2.45) is 0 Å². The van der Waals surface area contributed by atoms with Gasteiger partial charge in [-0.1, -0.05) is 38.1 Å². The fourth-order valence-electron chi connectivity index (χ4n) is 3.06. The van der Waals surface area contributed by atoms with Crippen molar-refractivity contribution in [1.29, 1.82) is 0 Å². The number of halogens is 9. The number of alkyl halides is 9. The Morgan fingerprint density at radius 2 is 1.12 bits per heavy atom. The molecule has 0 aromatic heterocycles. The molecule has 1 saturated carbocycles. The molecular weight excluding hydrogens is 379 g/mol. The monoisotopic (exact) mass is 394 g/mol. The third kappa shape index (κ3) is 2.30. The number of hydrogen-bond acceptors (Lipinski definition) is 1. The number of hydrogen-bond donors (Lipinski definition) is 1. The molecule has 0 heterocycles. The van der Waals surface area contributed by atoms with Crippen LogP contribution in [0.3, 0.4) is 0 Å². The Kier molecular flexibility index (Phi) is 4.63. The van der Waals surface area contributed by atoms with Gasteiger partial charge in [0, 0.05) is 6.42 Å². The van der Waals surface area contributed by atoms with Crippen molar-refractivity contribution < 1.29 is 44.6 Å². The molecule has 148 valence electrons. The van der Waals surface area contributed by atoms with E-state index in [-0.39, 0.29) is 17.0 Å². The SMILES string of the molecule is CC(C)c1ccccc1C(O)CC1(F)C(F)(F)C(F)(F)C(F)(F)C1(F)F. The second kappa shape index (κ2) is 5.77. The maximum Gasteiger partial charge on any atom is 0.381 e. The molecule has 26 heavy (non-hydrogen) atoms. The predicted octanol–water partition coefficient (Wildman–Crippen LogP) is 5.50. The summed E-state index contributed by atoms with van der Waals surface area (Å²) in [6.45, 7) is 3.16. The van der Waals surface area contributed by atoms with Crippen molar-refractivity contribution in [1.82, 2.24) is 0 Å². The van der Waals surface area contributed by atoms with Gasteiger partial charge in [-0.3, -0.25) is 0 Å². The van der Waals surface area contributed by atoms with Crippen molar-refractivity contribution >= 4 is 0 Å². The molecule has 1 aliphatic carbocycles. The molecule has 1 atom stereocenters. The summed E-state index contributed by atoms with van der Waals surface area (Å²) in [5, 5.41) is 9.98. The molecule has 1 N–H and O–H groups in total. The summed E-state index contributed by atoms with van der Waals surface area (Å²) in [4.78, 5) is 0. The molecule has 1 aromatic rings. The van der Waals surface area contributed by atoms with Gasteiger partial charge in [0.1, 0.15) is 0 Å². The van der Waals surface area contributed by atoms with Crippen LogP contribution in [0.1, 0.15) is 43.4 Å². The highest BCUT2D eigenvalue weighted by Crippen LogP contribution is 2.70. The fraction of sp³-hybridized carbons (Fsp3) is 0.625. The van der Waals surface area contributed by atoms with E-state index in [1.165, 1.54) is 18.2 Å². The first-order valence-corrected chi connectivity index (χ1v) is 7.53. The van der Waals surface area contributed by atoms with Crippen LogP contribution in [-0.2, 0) is 0 Å². The van der Waals surface area contributed by atoms with Crippen LogP contribution in [0.15, 0.2) is 24.3 Å². The minimum Gasteiger partial charge on any atom is -0.388 e. The maximum atomic E-state index is 14.5. The lowest BCUT2D eigenvalue weighted by molar-refractivity contribution is -0.303. The van der Waals surface area contributed by atoms with Gasteiger partial charge >= 0.3 is 23.7 Å². The number of rotatable bonds is 4. The van der Waals surface area contributed by atoms with Gasteiger partial charge in [-0.15, -0.1) is 0 Å². The zero-order valence-electron chi connectivity index (χ0n) is 13.5. The number of benzene rings is 1. The van der Waals surface area contributed by atoms with Gasteiger partial charge in [-0.05, 0) is 17.0 Å². The van der Waals surface area contributed by atoms with Gasteiger partial charge < -0.3 is 5.11 Å². The van der Waals surface area contributed by atoms with Crippen LogP contribution in [-0.4, -0.2) is 34.5 Å². The van der Waals surface area contributed by atoms with Gasteiger partial charge in [-0.2, -0.15) is 35.1 Å². The van der Waals surface area contributed by atoms with Crippen LogP contribution in [0.2, 0.25) is 0 Å². The first kappa shape index (κ1) is 20.9. The van der Waals surface area contributed by atoms with Crippen molar-refractivity contribution in [3.63, 3.8) is 0 Å². The quantitative estimate of drug-likeness (QED) is 0.669. The molecule has 0 saturated heterocycles. The summed E-state index contributed by atoms with van der Waals surface area (Å²) in [5.41, 5.74) is -5.70. The lowest BCUT2D eigenvalue weighted by Crippen LogP contribution is -2.55. The Morgan fingerprint density at radius 3 is 1.50 bits per heavy atom. The van der Waals surface area contributed by atoms with E-state index in [1.54, 1.807) is 13.8 Å². The summed E-state index contributed by atoms with van der Waals surface area (Å²) in [5.74, 6) is -26.4. The normalized spacial score (nSPS) is 26.0. The Labute approximate surface area is 142 Å². The highest BCUT2D eigenvalue weighted by molar-refractivity contribution is 5.34. The molecule has 0 amide bonds. The van der Waals surface area contributed by atoms with Gasteiger partial charge in [0.25, 0.3) is 5.67 Å². The molecule has 1 unspecified atom stereocenters. The van der Waals surface area contributed by atoms with Crippen LogP contribution < -0.4 is 0 Å². The molecule has 0 spiro atoms. The third-order valence-electron chi connectivity index (χ3n) is 4.63. The average molecular weight is 394 g/mol. The molecule has 1 aliphatic rings. The van der Waals surface area contributed by atoms with Crippen LogP contribution in [0.4, 0.5) is 39.5 Å². The summed E-state index contributed by atoms with van der Waals surface area (Å²) in [6, 6.07) is 5.19. The smallest absolute Gasteiger partial charge is 0.381 e. The minimum atomic E-state index is -6.63. The average Bonchev–Trinajstić information content (AvgIpc) is 2.57. The number of aliphatic hydroxyl groups is 1. The molecule has 1 aromatic carbocycles. The van der Waals surface area contributed by atoms with Crippen LogP contribution in [0.25, 0.3) is 0 Å². The molecule has 1 fully saturated rings. The molecule has 0 aliphatic heterocycles. The lowest BCUT2D eigenvalue weighted by Gasteiger charge is -2.33. The van der Waals surface area contributed by atoms with Crippen LogP contribution in [0, 0.1) is 0 Å². The molecule has 10 heteroatoms. The standard InChI is InChI=1S/C16H15F9O/c1-8(2)9-5-3-4-6-10(9)11(26)7-12(17)13(18,19)15(22,23)16(24,25)14(12,20)21/h3-6,8,11,26H,7H2,1-2H3. The summed E-state index contributed by atoms with van der Waals surface area (Å²) < 4.78 is 122. The van der Waals surface area contributed by atoms with Crippen molar-refractivity contribution in [3.8, 4) is 0 Å². The van der Waals surface area contributed by atoms with Gasteiger partial charge in [-0.25, -0.2) is 4.39 Å². The van der Waals surface area contributed by atoms with Gasteiger partial charge in [0.2, 0.25) is 0 Å². The van der Waals surface area contributed by atoms with E-state index in [4.69, 9.17) is 0 Å². The second-order valence-electron chi connectivity index (χ2n) is 6.60. The largest absolute Gasteiger partial charge is 0.388 e. The van der Waals surface area contributed by atoms with Gasteiger partial charge in [0.15, 0.2) is 0 Å². The maximum absolute atomic E-state index is 14.5. The van der Waals surface area contributed by atoms with E-state index in [2.05, 4.69) is 0 Å². The molecule has 0 radical (unpaired) electrons. The molecular formula is C16H15F9O. The molecule has 2 rings (SSSR count). The topological polar surface area (TPSA) is 20.2 Å². The van der Waals surface area contributed by atoms with E-state index < -0.39 is 41.9 Å². The fourth-order valence-corrected chi connectivity index (χ4v) is 3.06. The molecule has 0 bridgehead atoms. The van der Waals surface area contributed by atoms with E-state index >= 15 is 0 Å². The minimum absolute atomic E-state index is 0.242. The zero-order chi connectivity index (χ0) is 20.3. The second-order valence-corrected chi connectivity index (χ2v) is 6.60. The van der Waals surface area contributed by atoms with Crippen molar-refractivity contribution in [3.05, 3.63) is 35.4 Å². The van der Waals surface area contributed by atoms with E-state index in [0.717, 1.165) is 6.07 Å². The van der Waals surface area contributed by atoms with Crippen LogP contribution in [0.5, 0.6) is 0 Å². The Bertz CT molecular complexity index is 658. The predicted molar refractivity (Wildman–Crippen MR) is 73.7 cm³/mol. The Hall–Kier alpha value is -1.45. The summed E-state index contributed by atoms with van der Waals surface area (Å²) in [6.07, 6.45) is -4.76. The van der Waals surface area contributed by atoms with E-state index in [9.17, 15) is 44.6 Å². The van der Waals surface area contributed by atoms with Crippen molar-refractivity contribution in [2.45, 2.75) is 61.6 Å². The Morgan fingerprint density at radius 1 is 0.731 bits per heavy atom. The first-order chi connectivity index (χ1) is 11.6.